The molecule has 172 valence electrons. The molecule has 5 aromatic carbocycles. The van der Waals surface area contributed by atoms with Crippen molar-refractivity contribution in [1.29, 1.82) is 0 Å². The normalized spacial score (nSPS) is 11.1. The monoisotopic (exact) mass is 465 g/mol. The smallest absolute Gasteiger partial charge is 0.242 e. The van der Waals surface area contributed by atoms with Crippen molar-refractivity contribution in [3.05, 3.63) is 133 Å². The van der Waals surface area contributed by atoms with E-state index in [1.54, 1.807) is 0 Å². The van der Waals surface area contributed by atoms with Gasteiger partial charge in [-0.15, -0.1) is 0 Å². The van der Waals surface area contributed by atoms with E-state index < -0.39 is 5.78 Å². The summed E-state index contributed by atoms with van der Waals surface area (Å²) >= 11 is 0. The molecule has 0 aliphatic heterocycles. The van der Waals surface area contributed by atoms with Crippen LogP contribution in [0.2, 0.25) is 0 Å². The molecular weight excluding hydrogens is 442 g/mol. The molecule has 36 heavy (non-hydrogen) atoms. The fraction of sp³-hybridized carbons (Fsp3) is 0.0303. The number of aromatic nitrogens is 1. The zero-order valence-electron chi connectivity index (χ0n) is 19.6. The molecule has 3 nitrogen and oxygen atoms in total. The quantitative estimate of drug-likeness (QED) is 0.145. The van der Waals surface area contributed by atoms with Crippen LogP contribution in [0.3, 0.4) is 0 Å². The van der Waals surface area contributed by atoms with Gasteiger partial charge in [0.2, 0.25) is 5.78 Å². The van der Waals surface area contributed by atoms with Gasteiger partial charge in [0, 0.05) is 23.9 Å². The summed E-state index contributed by atoms with van der Waals surface area (Å²) in [6.07, 6.45) is 2.43. The first-order chi connectivity index (χ1) is 17.7. The molecule has 0 saturated heterocycles. The summed E-state index contributed by atoms with van der Waals surface area (Å²) in [5.74, 6) is -0.527. The fourth-order valence-corrected chi connectivity index (χ4v) is 4.99. The number of hydrogen-bond donors (Lipinski definition) is 0. The number of fused-ring (bicyclic) bond motifs is 2. The second-order valence-corrected chi connectivity index (χ2v) is 8.99. The van der Waals surface area contributed by atoms with Crippen molar-refractivity contribution in [3.63, 3.8) is 0 Å². The SMILES string of the molecule is O=CC(=O)c1c(-c2ccc3ccccc3c2)c(-c2ccc3ccccc3c2)cn1Cc1ccccc1. The number of carbonyl (C=O) groups is 2. The molecule has 1 aromatic heterocycles. The van der Waals surface area contributed by atoms with Crippen LogP contribution < -0.4 is 0 Å². The molecule has 0 unspecified atom stereocenters. The third kappa shape index (κ3) is 3.91. The average molecular weight is 466 g/mol. The summed E-state index contributed by atoms with van der Waals surface area (Å²) < 4.78 is 1.92. The molecule has 0 fully saturated rings. The van der Waals surface area contributed by atoms with Crippen LogP contribution in [0.15, 0.2) is 121 Å². The molecule has 0 atom stereocenters. The molecule has 1 heterocycles. The summed E-state index contributed by atoms with van der Waals surface area (Å²) in [4.78, 5) is 25.0. The Bertz CT molecular complexity index is 1740. The molecule has 6 aromatic rings. The van der Waals surface area contributed by atoms with Gasteiger partial charge in [-0.1, -0.05) is 103 Å². The number of hydrogen-bond acceptors (Lipinski definition) is 2. The third-order valence-electron chi connectivity index (χ3n) is 6.71. The number of aldehydes is 1. The minimum atomic E-state index is -0.527. The van der Waals surface area contributed by atoms with Gasteiger partial charge in [0.05, 0.1) is 0 Å². The van der Waals surface area contributed by atoms with Gasteiger partial charge in [-0.25, -0.2) is 0 Å². The maximum Gasteiger partial charge on any atom is 0.242 e. The van der Waals surface area contributed by atoms with E-state index in [2.05, 4.69) is 54.6 Å². The van der Waals surface area contributed by atoms with Gasteiger partial charge in [-0.05, 0) is 50.4 Å². The minimum Gasteiger partial charge on any atom is -0.339 e. The summed E-state index contributed by atoms with van der Waals surface area (Å²) in [6, 6.07) is 38.9. The predicted octanol–water partition coefficient (Wildman–Crippen LogP) is 7.56. The Morgan fingerprint density at radius 1 is 0.639 bits per heavy atom. The summed E-state index contributed by atoms with van der Waals surface area (Å²) in [7, 11) is 0. The van der Waals surface area contributed by atoms with Crippen molar-refractivity contribution in [2.45, 2.75) is 6.54 Å². The van der Waals surface area contributed by atoms with E-state index in [4.69, 9.17) is 0 Å². The maximum atomic E-state index is 13.2. The second-order valence-electron chi connectivity index (χ2n) is 8.99. The van der Waals surface area contributed by atoms with Gasteiger partial charge in [-0.3, -0.25) is 9.59 Å². The van der Waals surface area contributed by atoms with Crippen LogP contribution in [0, 0.1) is 0 Å². The Morgan fingerprint density at radius 3 is 1.83 bits per heavy atom. The van der Waals surface area contributed by atoms with E-state index in [0.29, 0.717) is 18.5 Å². The molecular formula is C33H23NO2. The van der Waals surface area contributed by atoms with E-state index in [-0.39, 0.29) is 0 Å². The fourth-order valence-electron chi connectivity index (χ4n) is 4.99. The number of nitrogens with zero attached hydrogens (tertiary/aromatic N) is 1. The van der Waals surface area contributed by atoms with Crippen molar-refractivity contribution in [3.8, 4) is 22.3 Å². The highest BCUT2D eigenvalue weighted by atomic mass is 16.2. The van der Waals surface area contributed by atoms with Crippen LogP contribution in [0.1, 0.15) is 16.1 Å². The van der Waals surface area contributed by atoms with Gasteiger partial charge in [0.25, 0.3) is 0 Å². The first-order valence-electron chi connectivity index (χ1n) is 12.0. The zero-order chi connectivity index (χ0) is 24.5. The largest absolute Gasteiger partial charge is 0.339 e. The Balaban J connectivity index is 1.64. The maximum absolute atomic E-state index is 13.2. The molecule has 3 heteroatoms. The highest BCUT2D eigenvalue weighted by Gasteiger charge is 2.24. The van der Waals surface area contributed by atoms with Gasteiger partial charge < -0.3 is 4.57 Å². The summed E-state index contributed by atoms with van der Waals surface area (Å²) in [5.41, 5.74) is 5.09. The lowest BCUT2D eigenvalue weighted by molar-refractivity contribution is -0.104. The standard InChI is InChI=1S/C33H23NO2/c35-22-31(36)33-32(29-17-15-25-11-5-7-13-27(25)19-29)30(21-34(33)20-23-8-2-1-3-9-23)28-16-14-24-10-4-6-12-26(24)18-28/h1-19,21-22H,20H2. The number of ketones is 1. The Labute approximate surface area is 209 Å². The van der Waals surface area contributed by atoms with Crippen molar-refractivity contribution < 1.29 is 9.59 Å². The van der Waals surface area contributed by atoms with E-state index in [9.17, 15) is 9.59 Å². The number of carbonyl (C=O) groups excluding carboxylic acids is 2. The summed E-state index contributed by atoms with van der Waals surface area (Å²) in [6.45, 7) is 0.490. The highest BCUT2D eigenvalue weighted by Crippen LogP contribution is 2.39. The van der Waals surface area contributed by atoms with Crippen LogP contribution in [-0.4, -0.2) is 16.6 Å². The summed E-state index contributed by atoms with van der Waals surface area (Å²) in [5, 5.41) is 4.49. The molecule has 0 N–H and O–H groups in total. The lowest BCUT2D eigenvalue weighted by Crippen LogP contribution is -2.11. The van der Waals surface area contributed by atoms with Gasteiger partial charge in [-0.2, -0.15) is 0 Å². The second kappa shape index (κ2) is 9.12. The van der Waals surface area contributed by atoms with Gasteiger partial charge in [0.15, 0.2) is 6.29 Å². The van der Waals surface area contributed by atoms with E-state index in [1.165, 1.54) is 0 Å². The van der Waals surface area contributed by atoms with Gasteiger partial charge >= 0.3 is 0 Å². The average Bonchev–Trinajstić information content (AvgIpc) is 3.31. The predicted molar refractivity (Wildman–Crippen MR) is 146 cm³/mol. The first-order valence-corrected chi connectivity index (χ1v) is 12.0. The number of benzene rings is 5. The van der Waals surface area contributed by atoms with Crippen LogP contribution in [0.25, 0.3) is 43.8 Å². The zero-order valence-corrected chi connectivity index (χ0v) is 19.6. The van der Waals surface area contributed by atoms with E-state index in [1.807, 2.05) is 71.4 Å². The van der Waals surface area contributed by atoms with Crippen LogP contribution in [-0.2, 0) is 11.3 Å². The molecule has 0 aliphatic rings. The molecule has 0 spiro atoms. The molecule has 0 saturated carbocycles. The Hall–Kier alpha value is -4.76. The molecule has 0 radical (unpaired) electrons. The van der Waals surface area contributed by atoms with Crippen molar-refractivity contribution in [2.24, 2.45) is 0 Å². The van der Waals surface area contributed by atoms with Crippen molar-refractivity contribution in [1.82, 2.24) is 4.57 Å². The molecule has 0 amide bonds. The molecule has 0 bridgehead atoms. The van der Waals surface area contributed by atoms with Crippen LogP contribution in [0.4, 0.5) is 0 Å². The van der Waals surface area contributed by atoms with E-state index in [0.717, 1.165) is 49.4 Å². The Morgan fingerprint density at radius 2 is 1.19 bits per heavy atom. The lowest BCUT2D eigenvalue weighted by Gasteiger charge is -2.11. The highest BCUT2D eigenvalue weighted by molar-refractivity contribution is 6.35. The van der Waals surface area contributed by atoms with Crippen LogP contribution >= 0.6 is 0 Å². The molecule has 6 rings (SSSR count). The van der Waals surface area contributed by atoms with Crippen molar-refractivity contribution in [2.75, 3.05) is 0 Å². The number of rotatable bonds is 6. The third-order valence-corrected chi connectivity index (χ3v) is 6.71. The van der Waals surface area contributed by atoms with Gasteiger partial charge in [0.1, 0.15) is 5.69 Å². The van der Waals surface area contributed by atoms with Crippen molar-refractivity contribution >= 4 is 33.6 Å². The lowest BCUT2D eigenvalue weighted by atomic mass is 9.93. The van der Waals surface area contributed by atoms with E-state index >= 15 is 0 Å². The van der Waals surface area contributed by atoms with Crippen LogP contribution in [0.5, 0.6) is 0 Å². The Kier molecular flexibility index (Phi) is 5.51. The number of Topliss-reactive ketones (excluding diaryl/α,β-unsaturated/α-hetero) is 1. The first kappa shape index (κ1) is 21.8. The minimum absolute atomic E-state index is 0.410. The molecule has 0 aliphatic carbocycles. The topological polar surface area (TPSA) is 39.1 Å².